The van der Waals surface area contributed by atoms with Gasteiger partial charge in [0.15, 0.2) is 5.78 Å². The number of carbonyl (C=O) groups excluding carboxylic acids is 2. The van der Waals surface area contributed by atoms with E-state index in [0.717, 1.165) is 6.08 Å². The molecule has 0 heterocycles. The third-order valence-electron chi connectivity index (χ3n) is 1.41. The average molecular weight is 194 g/mol. The van der Waals surface area contributed by atoms with Crippen molar-refractivity contribution in [2.45, 2.75) is 26.4 Å². The Kier molecular flexibility index (Phi) is 3.84. The highest BCUT2D eigenvalue weighted by Crippen LogP contribution is 2.21. The molecule has 0 aromatic rings. The van der Waals surface area contributed by atoms with E-state index in [1.807, 2.05) is 0 Å². The maximum Gasteiger partial charge on any atom is 0.454 e. The predicted octanol–water partition coefficient (Wildman–Crippen LogP) is 2.04. The summed E-state index contributed by atoms with van der Waals surface area (Å²) in [6.07, 6.45) is -4.18. The quantitative estimate of drug-likeness (QED) is 0.391. The maximum atomic E-state index is 11.8. The molecule has 2 nitrogen and oxygen atoms in total. The van der Waals surface area contributed by atoms with Crippen LogP contribution in [0, 0.1) is 0 Å². The third-order valence-corrected chi connectivity index (χ3v) is 1.41. The lowest BCUT2D eigenvalue weighted by atomic mass is 10.0. The lowest BCUT2D eigenvalue weighted by Gasteiger charge is -2.06. The predicted molar refractivity (Wildman–Crippen MR) is 40.1 cm³/mol. The summed E-state index contributed by atoms with van der Waals surface area (Å²) in [5.74, 6) is -2.85. The van der Waals surface area contributed by atoms with Gasteiger partial charge in [-0.3, -0.25) is 9.59 Å². The van der Waals surface area contributed by atoms with Crippen molar-refractivity contribution in [2.75, 3.05) is 0 Å². The van der Waals surface area contributed by atoms with Gasteiger partial charge in [0.2, 0.25) is 0 Å². The summed E-state index contributed by atoms with van der Waals surface area (Å²) in [4.78, 5) is 21.4. The molecule has 0 spiro atoms. The minimum absolute atomic E-state index is 0.110. The van der Waals surface area contributed by atoms with Crippen LogP contribution in [0.1, 0.15) is 20.3 Å². The molecule has 0 aliphatic heterocycles. The molecule has 0 atom stereocenters. The standard InChI is InChI=1S/C8H9F3O2/c1-3-5(6(12)4-2)7(13)8(9,10)11/h3H,4H2,1-2H3/b5-3+. The maximum absolute atomic E-state index is 11.8. The second-order valence-corrected chi connectivity index (χ2v) is 2.31. The Balaban J connectivity index is 4.84. The molecule has 0 saturated carbocycles. The van der Waals surface area contributed by atoms with Crippen LogP contribution in [0.4, 0.5) is 13.2 Å². The summed E-state index contributed by atoms with van der Waals surface area (Å²) in [7, 11) is 0. The normalized spacial score (nSPS) is 12.8. The summed E-state index contributed by atoms with van der Waals surface area (Å²) in [6, 6.07) is 0. The summed E-state index contributed by atoms with van der Waals surface area (Å²) < 4.78 is 35.5. The fourth-order valence-electron chi connectivity index (χ4n) is 0.762. The molecule has 0 aliphatic carbocycles. The molecule has 0 unspecified atom stereocenters. The fraction of sp³-hybridized carbons (Fsp3) is 0.500. The Labute approximate surface area is 73.4 Å². The zero-order valence-electron chi connectivity index (χ0n) is 7.23. The van der Waals surface area contributed by atoms with Gasteiger partial charge in [-0.05, 0) is 6.92 Å². The van der Waals surface area contributed by atoms with Gasteiger partial charge < -0.3 is 0 Å². The molecule has 0 rings (SSSR count). The number of Topliss-reactive ketones (excluding diaryl/α,β-unsaturated/α-hetero) is 2. The van der Waals surface area contributed by atoms with Crippen molar-refractivity contribution in [3.8, 4) is 0 Å². The van der Waals surface area contributed by atoms with Crippen LogP contribution in [0.25, 0.3) is 0 Å². The second kappa shape index (κ2) is 4.20. The van der Waals surface area contributed by atoms with E-state index < -0.39 is 23.3 Å². The highest BCUT2D eigenvalue weighted by Gasteiger charge is 2.41. The lowest BCUT2D eigenvalue weighted by molar-refractivity contribution is -0.167. The molecule has 0 aliphatic rings. The zero-order valence-corrected chi connectivity index (χ0v) is 7.23. The molecule has 13 heavy (non-hydrogen) atoms. The number of carbonyl (C=O) groups is 2. The molecule has 0 amide bonds. The largest absolute Gasteiger partial charge is 0.454 e. The van der Waals surface area contributed by atoms with Crippen LogP contribution < -0.4 is 0 Å². The van der Waals surface area contributed by atoms with Crippen LogP contribution in [0.2, 0.25) is 0 Å². The first-order valence-corrected chi connectivity index (χ1v) is 3.65. The van der Waals surface area contributed by atoms with E-state index in [1.54, 1.807) is 0 Å². The summed E-state index contributed by atoms with van der Waals surface area (Å²) in [5.41, 5.74) is -0.782. The van der Waals surface area contributed by atoms with Gasteiger partial charge in [-0.15, -0.1) is 0 Å². The first kappa shape index (κ1) is 11.9. The molecule has 5 heteroatoms. The number of ketones is 2. The molecule has 0 aromatic carbocycles. The lowest BCUT2D eigenvalue weighted by Crippen LogP contribution is -2.27. The number of rotatable bonds is 3. The van der Waals surface area contributed by atoms with E-state index in [4.69, 9.17) is 0 Å². The molecule has 0 N–H and O–H groups in total. The number of halogens is 3. The monoisotopic (exact) mass is 194 g/mol. The zero-order chi connectivity index (χ0) is 10.6. The van der Waals surface area contributed by atoms with Crippen molar-refractivity contribution >= 4 is 11.6 Å². The Bertz CT molecular complexity index is 251. The smallest absolute Gasteiger partial charge is 0.294 e. The summed E-state index contributed by atoms with van der Waals surface area (Å²) >= 11 is 0. The van der Waals surface area contributed by atoms with Crippen LogP contribution in [0.5, 0.6) is 0 Å². The van der Waals surface area contributed by atoms with Crippen LogP contribution in [-0.4, -0.2) is 17.7 Å². The highest BCUT2D eigenvalue weighted by atomic mass is 19.4. The Morgan fingerprint density at radius 2 is 1.77 bits per heavy atom. The van der Waals surface area contributed by atoms with Crippen LogP contribution in [0.3, 0.4) is 0 Å². The second-order valence-electron chi connectivity index (χ2n) is 2.31. The van der Waals surface area contributed by atoms with Crippen molar-refractivity contribution in [1.29, 1.82) is 0 Å². The fourth-order valence-corrected chi connectivity index (χ4v) is 0.762. The van der Waals surface area contributed by atoms with Crippen molar-refractivity contribution in [3.63, 3.8) is 0 Å². The van der Waals surface area contributed by atoms with Crippen molar-refractivity contribution in [1.82, 2.24) is 0 Å². The Hall–Kier alpha value is -1.13. The van der Waals surface area contributed by atoms with Gasteiger partial charge >= 0.3 is 6.18 Å². The van der Waals surface area contributed by atoms with E-state index in [9.17, 15) is 22.8 Å². The molecular formula is C8H9F3O2. The first-order chi connectivity index (χ1) is 5.84. The summed E-state index contributed by atoms with van der Waals surface area (Å²) in [6.45, 7) is 2.63. The van der Waals surface area contributed by atoms with Crippen LogP contribution in [0.15, 0.2) is 11.6 Å². The van der Waals surface area contributed by atoms with E-state index in [1.165, 1.54) is 13.8 Å². The molecular weight excluding hydrogens is 185 g/mol. The number of hydrogen-bond donors (Lipinski definition) is 0. The van der Waals surface area contributed by atoms with Gasteiger partial charge in [-0.2, -0.15) is 13.2 Å². The van der Waals surface area contributed by atoms with Gasteiger partial charge in [0.05, 0.1) is 5.57 Å². The third kappa shape index (κ3) is 3.01. The van der Waals surface area contributed by atoms with Gasteiger partial charge in [0.25, 0.3) is 5.78 Å². The van der Waals surface area contributed by atoms with Gasteiger partial charge in [-0.1, -0.05) is 13.0 Å². The van der Waals surface area contributed by atoms with Crippen LogP contribution in [-0.2, 0) is 9.59 Å². The van der Waals surface area contributed by atoms with Crippen molar-refractivity contribution in [2.24, 2.45) is 0 Å². The minimum Gasteiger partial charge on any atom is -0.294 e. The highest BCUT2D eigenvalue weighted by molar-refractivity contribution is 6.21. The number of allylic oxidation sites excluding steroid dienone is 2. The van der Waals surface area contributed by atoms with E-state index in [2.05, 4.69) is 0 Å². The first-order valence-electron chi connectivity index (χ1n) is 3.65. The summed E-state index contributed by atoms with van der Waals surface area (Å²) in [5, 5.41) is 0. The average Bonchev–Trinajstić information content (AvgIpc) is 2.03. The molecule has 0 saturated heterocycles. The number of hydrogen-bond acceptors (Lipinski definition) is 2. The Morgan fingerprint density at radius 3 is 2.00 bits per heavy atom. The molecule has 0 bridgehead atoms. The van der Waals surface area contributed by atoms with Crippen LogP contribution >= 0.6 is 0 Å². The molecule has 74 valence electrons. The topological polar surface area (TPSA) is 34.1 Å². The van der Waals surface area contributed by atoms with Gasteiger partial charge in [-0.25, -0.2) is 0 Å². The SMILES string of the molecule is C/C=C(\C(=O)CC)C(=O)C(F)(F)F. The van der Waals surface area contributed by atoms with Gasteiger partial charge in [0, 0.05) is 6.42 Å². The molecule has 0 fully saturated rings. The van der Waals surface area contributed by atoms with Gasteiger partial charge in [0.1, 0.15) is 0 Å². The Morgan fingerprint density at radius 1 is 1.31 bits per heavy atom. The van der Waals surface area contributed by atoms with E-state index in [0.29, 0.717) is 0 Å². The minimum atomic E-state index is -4.97. The van der Waals surface area contributed by atoms with E-state index in [-0.39, 0.29) is 6.42 Å². The molecule has 0 radical (unpaired) electrons. The number of alkyl halides is 3. The van der Waals surface area contributed by atoms with Crippen molar-refractivity contribution in [3.05, 3.63) is 11.6 Å². The van der Waals surface area contributed by atoms with E-state index >= 15 is 0 Å². The van der Waals surface area contributed by atoms with Crippen molar-refractivity contribution < 1.29 is 22.8 Å². The molecule has 0 aromatic heterocycles.